The fourth-order valence-corrected chi connectivity index (χ4v) is 2.68. The van der Waals surface area contributed by atoms with Crippen molar-refractivity contribution in [2.45, 2.75) is 6.54 Å². The van der Waals surface area contributed by atoms with Crippen LogP contribution in [0, 0.1) is 5.82 Å². The summed E-state index contributed by atoms with van der Waals surface area (Å²) in [7, 11) is 2.97. The summed E-state index contributed by atoms with van der Waals surface area (Å²) in [5.74, 6) is -0.409. The number of rotatable bonds is 4. The number of aromatic nitrogens is 4. The number of halogens is 2. The van der Waals surface area contributed by atoms with Crippen LogP contribution < -0.4 is 16.6 Å². The van der Waals surface area contributed by atoms with Crippen molar-refractivity contribution >= 4 is 28.5 Å². The lowest BCUT2D eigenvalue weighted by atomic mass is 10.3. The van der Waals surface area contributed by atoms with E-state index in [0.717, 1.165) is 4.57 Å². The van der Waals surface area contributed by atoms with E-state index in [1.165, 1.54) is 36.1 Å². The van der Waals surface area contributed by atoms with Crippen LogP contribution in [0.15, 0.2) is 34.1 Å². The first-order valence-electron chi connectivity index (χ1n) is 7.20. The van der Waals surface area contributed by atoms with Crippen molar-refractivity contribution in [1.29, 1.82) is 0 Å². The average molecular weight is 352 g/mol. The SMILES string of the molecule is Cn1c(=O)c2c(ncn2CCNc2cc(Cl)ccc2F)n(C)c1=O. The first-order valence-corrected chi connectivity index (χ1v) is 7.57. The third-order valence-electron chi connectivity index (χ3n) is 3.81. The van der Waals surface area contributed by atoms with Crippen molar-refractivity contribution < 1.29 is 4.39 Å². The molecule has 0 aliphatic heterocycles. The fraction of sp³-hybridized carbons (Fsp3) is 0.267. The lowest BCUT2D eigenvalue weighted by Crippen LogP contribution is -2.37. The quantitative estimate of drug-likeness (QED) is 0.769. The second-order valence-electron chi connectivity index (χ2n) is 5.37. The lowest BCUT2D eigenvalue weighted by Gasteiger charge is -2.10. The van der Waals surface area contributed by atoms with Crippen LogP contribution in [0.1, 0.15) is 0 Å². The number of fused-ring (bicyclic) bond motifs is 1. The third kappa shape index (κ3) is 2.69. The maximum absolute atomic E-state index is 13.7. The molecule has 0 aliphatic carbocycles. The van der Waals surface area contributed by atoms with Gasteiger partial charge in [0.05, 0.1) is 12.0 Å². The largest absolute Gasteiger partial charge is 0.381 e. The number of hydrogen-bond donors (Lipinski definition) is 1. The van der Waals surface area contributed by atoms with Gasteiger partial charge in [0.2, 0.25) is 0 Å². The van der Waals surface area contributed by atoms with Crippen LogP contribution >= 0.6 is 11.6 Å². The molecule has 0 saturated carbocycles. The van der Waals surface area contributed by atoms with Crippen LogP contribution in [0.5, 0.6) is 0 Å². The van der Waals surface area contributed by atoms with Crippen molar-refractivity contribution in [2.24, 2.45) is 14.1 Å². The van der Waals surface area contributed by atoms with Crippen molar-refractivity contribution in [2.75, 3.05) is 11.9 Å². The number of hydrogen-bond acceptors (Lipinski definition) is 4. The standard InChI is InChI=1S/C15H15ClFN5O2/c1-20-13-12(14(23)21(2)15(20)24)22(8-19-13)6-5-18-11-7-9(16)3-4-10(11)17/h3-4,7-8,18H,5-6H2,1-2H3. The first kappa shape index (κ1) is 16.3. The number of benzene rings is 1. The summed E-state index contributed by atoms with van der Waals surface area (Å²) in [4.78, 5) is 28.3. The molecule has 0 saturated heterocycles. The zero-order valence-corrected chi connectivity index (χ0v) is 13.8. The Kier molecular flexibility index (Phi) is 4.15. The van der Waals surface area contributed by atoms with Gasteiger partial charge in [0.1, 0.15) is 5.82 Å². The lowest BCUT2D eigenvalue weighted by molar-refractivity contribution is 0.628. The minimum atomic E-state index is -0.433. The van der Waals surface area contributed by atoms with Gasteiger partial charge in [0.25, 0.3) is 5.56 Å². The van der Waals surface area contributed by atoms with Gasteiger partial charge in [-0.15, -0.1) is 0 Å². The van der Waals surface area contributed by atoms with E-state index in [1.807, 2.05) is 0 Å². The van der Waals surface area contributed by atoms with Crippen molar-refractivity contribution in [3.05, 3.63) is 56.2 Å². The minimum absolute atomic E-state index is 0.284. The van der Waals surface area contributed by atoms with Gasteiger partial charge in [-0.3, -0.25) is 13.9 Å². The molecule has 1 aromatic carbocycles. The first-order chi connectivity index (χ1) is 11.4. The Morgan fingerprint density at radius 1 is 1.25 bits per heavy atom. The zero-order chi connectivity index (χ0) is 17.4. The van der Waals surface area contributed by atoms with Gasteiger partial charge >= 0.3 is 5.69 Å². The Labute approximate surface area is 140 Å². The van der Waals surface area contributed by atoms with E-state index in [0.29, 0.717) is 29.3 Å². The summed E-state index contributed by atoms with van der Waals surface area (Å²) in [6.45, 7) is 0.727. The predicted octanol–water partition coefficient (Wildman–Crippen LogP) is 1.34. The van der Waals surface area contributed by atoms with E-state index >= 15 is 0 Å². The highest BCUT2D eigenvalue weighted by Crippen LogP contribution is 2.19. The van der Waals surface area contributed by atoms with E-state index in [-0.39, 0.29) is 5.69 Å². The number of nitrogens with one attached hydrogen (secondary N) is 1. The molecular weight excluding hydrogens is 337 g/mol. The number of imidazole rings is 1. The highest BCUT2D eigenvalue weighted by molar-refractivity contribution is 6.30. The molecule has 0 unspecified atom stereocenters. The molecule has 0 radical (unpaired) electrons. The topological polar surface area (TPSA) is 73.8 Å². The van der Waals surface area contributed by atoms with Gasteiger partial charge in [-0.2, -0.15) is 0 Å². The molecule has 7 nitrogen and oxygen atoms in total. The van der Waals surface area contributed by atoms with Gasteiger partial charge < -0.3 is 9.88 Å². The molecule has 0 bridgehead atoms. The molecule has 2 heterocycles. The molecule has 0 fully saturated rings. The molecule has 1 N–H and O–H groups in total. The third-order valence-corrected chi connectivity index (χ3v) is 4.05. The van der Waals surface area contributed by atoms with Crippen molar-refractivity contribution in [3.8, 4) is 0 Å². The van der Waals surface area contributed by atoms with Gasteiger partial charge in [-0.05, 0) is 18.2 Å². The number of aryl methyl sites for hydroxylation is 1. The van der Waals surface area contributed by atoms with Crippen LogP contribution in [-0.2, 0) is 20.6 Å². The average Bonchev–Trinajstić information content (AvgIpc) is 2.98. The van der Waals surface area contributed by atoms with Gasteiger partial charge in [-0.25, -0.2) is 14.2 Å². The normalized spacial score (nSPS) is 11.2. The molecule has 24 heavy (non-hydrogen) atoms. The van der Waals surface area contributed by atoms with E-state index < -0.39 is 17.1 Å². The molecule has 126 valence electrons. The van der Waals surface area contributed by atoms with Crippen molar-refractivity contribution in [1.82, 2.24) is 18.7 Å². The number of nitrogens with zero attached hydrogens (tertiary/aromatic N) is 4. The molecule has 9 heteroatoms. The summed E-state index contributed by atoms with van der Waals surface area (Å²) >= 11 is 5.85. The van der Waals surface area contributed by atoms with Crippen molar-refractivity contribution in [3.63, 3.8) is 0 Å². The molecule has 0 amide bonds. The Morgan fingerprint density at radius 3 is 2.75 bits per heavy atom. The predicted molar refractivity (Wildman–Crippen MR) is 90.1 cm³/mol. The fourth-order valence-electron chi connectivity index (χ4n) is 2.51. The van der Waals surface area contributed by atoms with Crippen LogP contribution in [0.25, 0.3) is 11.2 Å². The maximum atomic E-state index is 13.7. The molecule has 3 rings (SSSR count). The van der Waals surface area contributed by atoms with Gasteiger partial charge in [0, 0.05) is 32.2 Å². The number of anilines is 1. The maximum Gasteiger partial charge on any atom is 0.332 e. The molecular formula is C15H15ClFN5O2. The zero-order valence-electron chi connectivity index (χ0n) is 13.1. The highest BCUT2D eigenvalue weighted by atomic mass is 35.5. The molecule has 0 spiro atoms. The molecule has 2 aromatic heterocycles. The summed E-state index contributed by atoms with van der Waals surface area (Å²) < 4.78 is 17.7. The van der Waals surface area contributed by atoms with E-state index in [9.17, 15) is 14.0 Å². The molecule has 0 aliphatic rings. The molecule has 0 atom stereocenters. The van der Waals surface area contributed by atoms with Crippen LogP contribution in [0.2, 0.25) is 5.02 Å². The van der Waals surface area contributed by atoms with Gasteiger partial charge in [0.15, 0.2) is 11.2 Å². The summed E-state index contributed by atoms with van der Waals surface area (Å²) in [6.07, 6.45) is 1.49. The van der Waals surface area contributed by atoms with E-state index in [2.05, 4.69) is 10.3 Å². The summed E-state index contributed by atoms with van der Waals surface area (Å²) in [5, 5.41) is 3.36. The van der Waals surface area contributed by atoms with Crippen LogP contribution in [-0.4, -0.2) is 25.2 Å². The Balaban J connectivity index is 1.88. The van der Waals surface area contributed by atoms with Gasteiger partial charge in [-0.1, -0.05) is 11.6 Å². The Bertz CT molecular complexity index is 1040. The van der Waals surface area contributed by atoms with Crippen LogP contribution in [0.3, 0.4) is 0 Å². The smallest absolute Gasteiger partial charge is 0.332 e. The van der Waals surface area contributed by atoms with Crippen LogP contribution in [0.4, 0.5) is 10.1 Å². The summed E-state index contributed by atoms with van der Waals surface area (Å²) in [5.41, 5.74) is 0.0774. The van der Waals surface area contributed by atoms with E-state index in [4.69, 9.17) is 11.6 Å². The summed E-state index contributed by atoms with van der Waals surface area (Å²) in [6, 6.07) is 4.24. The monoisotopic (exact) mass is 351 g/mol. The second kappa shape index (κ2) is 6.12. The minimum Gasteiger partial charge on any atom is -0.381 e. The second-order valence-corrected chi connectivity index (χ2v) is 5.80. The highest BCUT2D eigenvalue weighted by Gasteiger charge is 2.14. The Morgan fingerprint density at radius 2 is 2.00 bits per heavy atom. The van der Waals surface area contributed by atoms with E-state index in [1.54, 1.807) is 11.6 Å². The Hall–Kier alpha value is -2.61. The molecule has 3 aromatic rings.